The number of anilines is 2. The van der Waals surface area contributed by atoms with Crippen LogP contribution in [0.15, 0.2) is 30.3 Å². The van der Waals surface area contributed by atoms with Gasteiger partial charge in [0.25, 0.3) is 0 Å². The maximum Gasteiger partial charge on any atom is 0.230 e. The Morgan fingerprint density at radius 2 is 1.90 bits per heavy atom. The van der Waals surface area contributed by atoms with Crippen LogP contribution in [0.1, 0.15) is 23.9 Å². The molecule has 0 amide bonds. The highest BCUT2D eigenvalue weighted by atomic mass is 32.1. The minimum atomic E-state index is 0.284. The van der Waals surface area contributed by atoms with Crippen LogP contribution in [0.2, 0.25) is 0 Å². The van der Waals surface area contributed by atoms with Gasteiger partial charge in [0.2, 0.25) is 5.95 Å². The zero-order valence-corrected chi connectivity index (χ0v) is 12.7. The molecule has 1 aromatic carbocycles. The first kappa shape index (κ1) is 14.4. The van der Waals surface area contributed by atoms with Crippen molar-refractivity contribution in [2.45, 2.75) is 20.3 Å². The summed E-state index contributed by atoms with van der Waals surface area (Å²) in [5, 5.41) is 0. The number of thiocarbonyl (C=S) groups is 1. The molecule has 5 heteroatoms. The Hall–Kier alpha value is -2.01. The third-order valence-corrected chi connectivity index (χ3v) is 3.34. The van der Waals surface area contributed by atoms with Crippen molar-refractivity contribution in [3.8, 4) is 0 Å². The van der Waals surface area contributed by atoms with Gasteiger partial charge in [-0.2, -0.15) is 0 Å². The molecule has 2 N–H and O–H groups in total. The molecule has 0 saturated heterocycles. The molecule has 0 spiro atoms. The van der Waals surface area contributed by atoms with E-state index < -0.39 is 0 Å². The molecule has 2 rings (SSSR count). The van der Waals surface area contributed by atoms with Gasteiger partial charge in [-0.05, 0) is 37.1 Å². The van der Waals surface area contributed by atoms with Crippen molar-refractivity contribution < 1.29 is 0 Å². The number of benzene rings is 1. The summed E-state index contributed by atoms with van der Waals surface area (Å²) in [6, 6.07) is 10.1. The maximum absolute atomic E-state index is 5.65. The summed E-state index contributed by atoms with van der Waals surface area (Å²) in [7, 11) is 1.93. The first-order valence-corrected chi connectivity index (χ1v) is 6.90. The molecule has 0 bridgehead atoms. The Kier molecular flexibility index (Phi) is 4.29. The van der Waals surface area contributed by atoms with Gasteiger partial charge >= 0.3 is 0 Å². The number of nitrogens with two attached hydrogens (primary N) is 1. The van der Waals surface area contributed by atoms with Crippen molar-refractivity contribution in [3.05, 3.63) is 47.3 Å². The standard InChI is InChI=1S/C15H18N4S/c1-4-11-5-7-12(8-6-11)19(3)15-17-10(2)9-13(18-15)14(16)20/h5-9H,4H2,1-3H3,(H2,16,20). The van der Waals surface area contributed by atoms with E-state index in [9.17, 15) is 0 Å². The van der Waals surface area contributed by atoms with Crippen molar-refractivity contribution >= 4 is 28.8 Å². The van der Waals surface area contributed by atoms with Crippen LogP contribution in [0.3, 0.4) is 0 Å². The van der Waals surface area contributed by atoms with E-state index in [4.69, 9.17) is 18.0 Å². The molecule has 0 aliphatic heterocycles. The van der Waals surface area contributed by atoms with E-state index in [2.05, 4.69) is 41.2 Å². The number of hydrogen-bond donors (Lipinski definition) is 1. The molecule has 1 aromatic heterocycles. The Balaban J connectivity index is 2.36. The Bertz CT molecular complexity index is 622. The highest BCUT2D eigenvalue weighted by Gasteiger charge is 2.10. The predicted molar refractivity (Wildman–Crippen MR) is 86.5 cm³/mol. The minimum Gasteiger partial charge on any atom is -0.388 e. The van der Waals surface area contributed by atoms with E-state index in [-0.39, 0.29) is 4.99 Å². The van der Waals surface area contributed by atoms with Crippen LogP contribution >= 0.6 is 12.2 Å². The van der Waals surface area contributed by atoms with Gasteiger partial charge in [0, 0.05) is 18.4 Å². The molecule has 1 heterocycles. The lowest BCUT2D eigenvalue weighted by Gasteiger charge is -2.18. The summed E-state index contributed by atoms with van der Waals surface area (Å²) < 4.78 is 0. The van der Waals surface area contributed by atoms with Crippen LogP contribution in [-0.2, 0) is 6.42 Å². The fourth-order valence-corrected chi connectivity index (χ4v) is 2.00. The average molecular weight is 286 g/mol. The first-order chi connectivity index (χ1) is 9.51. The van der Waals surface area contributed by atoms with E-state index >= 15 is 0 Å². The topological polar surface area (TPSA) is 55.0 Å². The third-order valence-electron chi connectivity index (χ3n) is 3.13. The second kappa shape index (κ2) is 5.96. The average Bonchev–Trinajstić information content (AvgIpc) is 2.46. The lowest BCUT2D eigenvalue weighted by Crippen LogP contribution is -2.18. The molecule has 104 valence electrons. The van der Waals surface area contributed by atoms with Crippen LogP contribution in [-0.4, -0.2) is 22.0 Å². The van der Waals surface area contributed by atoms with Gasteiger partial charge in [-0.15, -0.1) is 0 Å². The molecular formula is C15H18N4S. The van der Waals surface area contributed by atoms with Crippen LogP contribution in [0.5, 0.6) is 0 Å². The summed E-state index contributed by atoms with van der Waals surface area (Å²) in [5.41, 5.74) is 9.42. The lowest BCUT2D eigenvalue weighted by molar-refractivity contribution is 1.01. The number of aromatic nitrogens is 2. The molecule has 0 aliphatic rings. The van der Waals surface area contributed by atoms with Gasteiger partial charge < -0.3 is 10.6 Å². The second-order valence-electron chi connectivity index (χ2n) is 4.64. The Labute approximate surface area is 124 Å². The summed E-state index contributed by atoms with van der Waals surface area (Å²) in [4.78, 5) is 11.0. The van der Waals surface area contributed by atoms with Crippen LogP contribution < -0.4 is 10.6 Å². The van der Waals surface area contributed by atoms with Crippen molar-refractivity contribution in [3.63, 3.8) is 0 Å². The molecule has 0 fully saturated rings. The van der Waals surface area contributed by atoms with E-state index in [0.717, 1.165) is 17.8 Å². The molecule has 0 atom stereocenters. The number of aryl methyl sites for hydroxylation is 2. The zero-order chi connectivity index (χ0) is 14.7. The Morgan fingerprint density at radius 1 is 1.25 bits per heavy atom. The van der Waals surface area contributed by atoms with Gasteiger partial charge in [0.15, 0.2) is 0 Å². The normalized spacial score (nSPS) is 10.3. The van der Waals surface area contributed by atoms with Gasteiger partial charge in [0.05, 0.1) is 0 Å². The molecule has 2 aromatic rings. The fourth-order valence-electron chi connectivity index (χ4n) is 1.90. The van der Waals surface area contributed by atoms with E-state index in [0.29, 0.717) is 11.6 Å². The maximum atomic E-state index is 5.65. The predicted octanol–water partition coefficient (Wildman–Crippen LogP) is 2.75. The van der Waals surface area contributed by atoms with Crippen molar-refractivity contribution in [1.29, 1.82) is 0 Å². The number of hydrogen-bond acceptors (Lipinski definition) is 4. The van der Waals surface area contributed by atoms with E-state index in [1.807, 2.05) is 18.9 Å². The quantitative estimate of drug-likeness (QED) is 0.876. The van der Waals surface area contributed by atoms with Crippen LogP contribution in [0.25, 0.3) is 0 Å². The van der Waals surface area contributed by atoms with Crippen LogP contribution in [0.4, 0.5) is 11.6 Å². The summed E-state index contributed by atoms with van der Waals surface area (Å²) in [5.74, 6) is 0.594. The fraction of sp³-hybridized carbons (Fsp3) is 0.267. The SMILES string of the molecule is CCc1ccc(N(C)c2nc(C)cc(C(N)=S)n2)cc1. The smallest absolute Gasteiger partial charge is 0.230 e. The summed E-state index contributed by atoms with van der Waals surface area (Å²) in [6.07, 6.45) is 1.02. The molecule has 4 nitrogen and oxygen atoms in total. The summed E-state index contributed by atoms with van der Waals surface area (Å²) in [6.45, 7) is 4.04. The van der Waals surface area contributed by atoms with Gasteiger partial charge in [0.1, 0.15) is 10.7 Å². The molecule has 0 aliphatic carbocycles. The van der Waals surface area contributed by atoms with Crippen LogP contribution in [0, 0.1) is 6.92 Å². The highest BCUT2D eigenvalue weighted by molar-refractivity contribution is 7.80. The van der Waals surface area contributed by atoms with Crippen molar-refractivity contribution in [1.82, 2.24) is 9.97 Å². The third kappa shape index (κ3) is 3.11. The van der Waals surface area contributed by atoms with Crippen molar-refractivity contribution in [2.24, 2.45) is 5.73 Å². The van der Waals surface area contributed by atoms with Gasteiger partial charge in [-0.1, -0.05) is 31.3 Å². The van der Waals surface area contributed by atoms with E-state index in [1.54, 1.807) is 6.07 Å². The molecular weight excluding hydrogens is 268 g/mol. The second-order valence-corrected chi connectivity index (χ2v) is 5.08. The van der Waals surface area contributed by atoms with E-state index in [1.165, 1.54) is 5.56 Å². The van der Waals surface area contributed by atoms with Crippen molar-refractivity contribution in [2.75, 3.05) is 11.9 Å². The number of rotatable bonds is 4. The number of nitrogens with zero attached hydrogens (tertiary/aromatic N) is 3. The molecule has 20 heavy (non-hydrogen) atoms. The molecule has 0 unspecified atom stereocenters. The molecule has 0 radical (unpaired) electrons. The largest absolute Gasteiger partial charge is 0.388 e. The first-order valence-electron chi connectivity index (χ1n) is 6.49. The lowest BCUT2D eigenvalue weighted by atomic mass is 10.1. The zero-order valence-electron chi connectivity index (χ0n) is 11.9. The monoisotopic (exact) mass is 286 g/mol. The highest BCUT2D eigenvalue weighted by Crippen LogP contribution is 2.21. The summed E-state index contributed by atoms with van der Waals surface area (Å²) >= 11 is 4.99. The Morgan fingerprint density at radius 3 is 2.45 bits per heavy atom. The minimum absolute atomic E-state index is 0.284. The van der Waals surface area contributed by atoms with Gasteiger partial charge in [-0.3, -0.25) is 0 Å². The van der Waals surface area contributed by atoms with Gasteiger partial charge in [-0.25, -0.2) is 9.97 Å². The molecule has 0 saturated carbocycles.